The fraction of sp³-hybridized carbons (Fsp3) is 0.775. The summed E-state index contributed by atoms with van der Waals surface area (Å²) in [5.41, 5.74) is 0.605. The van der Waals surface area contributed by atoms with Gasteiger partial charge in [0.25, 0.3) is 0 Å². The number of nitrogens with one attached hydrogen (secondary N) is 1. The Bertz CT molecular complexity index is 1560. The largest absolute Gasteiger partial charge is 0.481 e. The second-order valence-corrected chi connectivity index (χ2v) is 18.8. The highest BCUT2D eigenvalue weighted by atomic mass is 16.5. The molecule has 9 nitrogen and oxygen atoms in total. The fourth-order valence-corrected chi connectivity index (χ4v) is 12.3. The number of carbonyl (C=O) groups is 4. The fourth-order valence-electron chi connectivity index (χ4n) is 12.3. The number of ether oxygens (including phenoxy) is 1. The molecule has 270 valence electrons. The van der Waals surface area contributed by atoms with Gasteiger partial charge in [-0.05, 0) is 105 Å². The summed E-state index contributed by atoms with van der Waals surface area (Å²) >= 11 is 0. The Labute approximate surface area is 292 Å². The van der Waals surface area contributed by atoms with E-state index in [4.69, 9.17) is 4.74 Å². The van der Waals surface area contributed by atoms with Gasteiger partial charge in [0, 0.05) is 30.1 Å². The van der Waals surface area contributed by atoms with Crippen LogP contribution in [0, 0.1) is 50.7 Å². The summed E-state index contributed by atoms with van der Waals surface area (Å²) in [6.45, 7) is 19.7. The van der Waals surface area contributed by atoms with E-state index in [9.17, 15) is 24.3 Å². The monoisotopic (exact) mass is 677 g/mol. The molecule has 49 heavy (non-hydrogen) atoms. The number of esters is 1. The van der Waals surface area contributed by atoms with Crippen molar-refractivity contribution in [3.63, 3.8) is 0 Å². The van der Waals surface area contributed by atoms with Crippen LogP contribution in [0.4, 0.5) is 0 Å². The summed E-state index contributed by atoms with van der Waals surface area (Å²) in [6.07, 6.45) is 12.6. The van der Waals surface area contributed by atoms with Crippen molar-refractivity contribution in [2.24, 2.45) is 50.7 Å². The molecule has 6 rings (SSSR count). The molecule has 3 unspecified atom stereocenters. The van der Waals surface area contributed by atoms with E-state index in [1.807, 2.05) is 0 Å². The standard InChI is InChI=1S/C40H59N3O6/c1-24(2)32-26(44)20-40(42-30(45)22-43-19-18-41-23-43)17-16-38(8)25(33(32)40)10-11-28-37(7)14-13-29(49-31(46)21-35(3,4)34(47)48)36(5,6)27(37)12-15-39(28,38)9/h18-19,23-24,27-29,32H,10-17,20-22H2,1-9H3,(H,42,45)(H,47,48)/t27?,28?,29-,32?,37-,38+,39+,40+/m0/s1. The Kier molecular flexibility index (Phi) is 8.63. The number of fused-ring (bicyclic) bond motifs is 6. The van der Waals surface area contributed by atoms with Crippen LogP contribution >= 0.6 is 0 Å². The molecule has 1 heterocycles. The van der Waals surface area contributed by atoms with Crippen molar-refractivity contribution in [2.45, 2.75) is 145 Å². The number of aliphatic carboxylic acids is 1. The zero-order chi connectivity index (χ0) is 35.9. The molecule has 0 radical (unpaired) electrons. The number of carboxylic acids is 1. The topological polar surface area (TPSA) is 128 Å². The zero-order valence-electron chi connectivity index (χ0n) is 31.3. The molecule has 5 aliphatic rings. The highest BCUT2D eigenvalue weighted by Gasteiger charge is 2.69. The summed E-state index contributed by atoms with van der Waals surface area (Å²) < 4.78 is 7.92. The molecule has 1 amide bonds. The molecule has 0 aromatic carbocycles. The first-order chi connectivity index (χ1) is 22.7. The minimum Gasteiger partial charge on any atom is -0.481 e. The molecular formula is C40H59N3O6. The van der Waals surface area contributed by atoms with E-state index in [2.05, 4.69) is 58.8 Å². The molecule has 4 fully saturated rings. The maximum absolute atomic E-state index is 13.9. The van der Waals surface area contributed by atoms with Gasteiger partial charge in [-0.1, -0.05) is 54.0 Å². The highest BCUT2D eigenvalue weighted by molar-refractivity contribution is 5.93. The third-order valence-corrected chi connectivity index (χ3v) is 15.0. The molecule has 0 aliphatic heterocycles. The summed E-state index contributed by atoms with van der Waals surface area (Å²) in [6, 6.07) is 0. The Hall–Kier alpha value is -2.97. The van der Waals surface area contributed by atoms with Crippen LogP contribution < -0.4 is 5.32 Å². The van der Waals surface area contributed by atoms with Crippen LogP contribution in [-0.2, 0) is 30.5 Å². The maximum atomic E-state index is 13.9. The molecule has 4 saturated carbocycles. The van der Waals surface area contributed by atoms with E-state index in [1.54, 1.807) is 37.1 Å². The smallest absolute Gasteiger partial charge is 0.309 e. The highest BCUT2D eigenvalue weighted by Crippen LogP contribution is 2.75. The molecule has 1 aromatic heterocycles. The van der Waals surface area contributed by atoms with Crippen LogP contribution in [0.25, 0.3) is 0 Å². The van der Waals surface area contributed by atoms with Crippen molar-refractivity contribution in [3.05, 3.63) is 29.9 Å². The van der Waals surface area contributed by atoms with Gasteiger partial charge >= 0.3 is 11.9 Å². The Morgan fingerprint density at radius 3 is 2.39 bits per heavy atom. The number of ketones is 1. The van der Waals surface area contributed by atoms with E-state index in [0.717, 1.165) is 51.4 Å². The second-order valence-electron chi connectivity index (χ2n) is 18.8. The molecule has 9 heteroatoms. The third kappa shape index (κ3) is 5.42. The number of rotatable bonds is 8. The molecule has 0 spiro atoms. The number of aromatic nitrogens is 2. The number of carboxylic acid groups (broad SMARTS) is 1. The summed E-state index contributed by atoms with van der Waals surface area (Å²) in [7, 11) is 0. The lowest BCUT2D eigenvalue weighted by atomic mass is 9.34. The SMILES string of the molecule is CC(C)C1C(=O)C[C@]2(NC(=O)Cn3ccnc3)CC[C@]3(C)C(=C12)CCC1[C@@]2(C)CC[C@H](OC(=O)CC(C)(C)C(=O)O)C(C)(C)C2CC[C@]13C. The van der Waals surface area contributed by atoms with Gasteiger partial charge in [0.2, 0.25) is 5.91 Å². The van der Waals surface area contributed by atoms with E-state index < -0.39 is 22.9 Å². The predicted octanol–water partition coefficient (Wildman–Crippen LogP) is 7.15. The van der Waals surface area contributed by atoms with Gasteiger partial charge in [-0.15, -0.1) is 0 Å². The second kappa shape index (κ2) is 11.8. The number of hydrogen-bond acceptors (Lipinski definition) is 6. The van der Waals surface area contributed by atoms with Crippen molar-refractivity contribution in [1.82, 2.24) is 14.9 Å². The number of Topliss-reactive ketones (excluding diaryl/α,β-unsaturated/α-hetero) is 1. The van der Waals surface area contributed by atoms with Crippen LogP contribution in [0.15, 0.2) is 29.9 Å². The summed E-state index contributed by atoms with van der Waals surface area (Å²) in [5, 5.41) is 13.0. The molecule has 8 atom stereocenters. The van der Waals surface area contributed by atoms with Crippen LogP contribution in [-0.4, -0.2) is 49.9 Å². The van der Waals surface area contributed by atoms with Crippen LogP contribution in [0.5, 0.6) is 0 Å². The van der Waals surface area contributed by atoms with E-state index in [-0.39, 0.29) is 64.3 Å². The van der Waals surface area contributed by atoms with Gasteiger partial charge in [-0.25, -0.2) is 4.98 Å². The van der Waals surface area contributed by atoms with Crippen LogP contribution in [0.3, 0.4) is 0 Å². The van der Waals surface area contributed by atoms with Crippen molar-refractivity contribution < 1.29 is 29.0 Å². The Morgan fingerprint density at radius 1 is 1.04 bits per heavy atom. The third-order valence-electron chi connectivity index (χ3n) is 15.0. The quantitative estimate of drug-likeness (QED) is 0.221. The van der Waals surface area contributed by atoms with E-state index >= 15 is 0 Å². The maximum Gasteiger partial charge on any atom is 0.309 e. The van der Waals surface area contributed by atoms with Gasteiger partial charge in [-0.2, -0.15) is 0 Å². The lowest BCUT2D eigenvalue weighted by molar-refractivity contribution is -0.214. The van der Waals surface area contributed by atoms with Crippen molar-refractivity contribution in [3.8, 4) is 0 Å². The van der Waals surface area contributed by atoms with Crippen LogP contribution in [0.2, 0.25) is 0 Å². The number of allylic oxidation sites excluding steroid dienone is 1. The lowest BCUT2D eigenvalue weighted by Crippen LogP contribution is -2.65. The molecular weight excluding hydrogens is 618 g/mol. The van der Waals surface area contributed by atoms with Crippen molar-refractivity contribution in [1.29, 1.82) is 0 Å². The average molecular weight is 678 g/mol. The molecule has 1 aromatic rings. The average Bonchev–Trinajstić information content (AvgIpc) is 3.59. The number of hydrogen-bond donors (Lipinski definition) is 2. The number of amides is 1. The number of imidazole rings is 1. The summed E-state index contributed by atoms with van der Waals surface area (Å²) in [4.78, 5) is 56.3. The normalized spacial score (nSPS) is 38.3. The van der Waals surface area contributed by atoms with Crippen molar-refractivity contribution in [2.75, 3.05) is 0 Å². The van der Waals surface area contributed by atoms with Gasteiger partial charge < -0.3 is 19.7 Å². The van der Waals surface area contributed by atoms with Gasteiger partial charge in [0.15, 0.2) is 0 Å². The van der Waals surface area contributed by atoms with Gasteiger partial charge in [0.05, 0.1) is 23.7 Å². The minimum atomic E-state index is -1.17. The molecule has 0 saturated heterocycles. The molecule has 2 N–H and O–H groups in total. The Balaban J connectivity index is 1.31. The first-order valence-electron chi connectivity index (χ1n) is 18.7. The lowest BCUT2D eigenvalue weighted by Gasteiger charge is -2.70. The first kappa shape index (κ1) is 35.8. The van der Waals surface area contributed by atoms with E-state index in [1.165, 1.54) is 11.1 Å². The van der Waals surface area contributed by atoms with E-state index in [0.29, 0.717) is 18.3 Å². The Morgan fingerprint density at radius 2 is 1.76 bits per heavy atom. The van der Waals surface area contributed by atoms with Gasteiger partial charge in [0.1, 0.15) is 18.4 Å². The zero-order valence-corrected chi connectivity index (χ0v) is 31.3. The molecule has 5 aliphatic carbocycles. The minimum absolute atomic E-state index is 0.0179. The first-order valence-corrected chi connectivity index (χ1v) is 18.7. The summed E-state index contributed by atoms with van der Waals surface area (Å²) in [5.74, 6) is -0.432. The predicted molar refractivity (Wildman–Crippen MR) is 186 cm³/mol. The molecule has 0 bridgehead atoms. The number of carbonyl (C=O) groups excluding carboxylic acids is 3. The van der Waals surface area contributed by atoms with Crippen LogP contribution in [0.1, 0.15) is 127 Å². The van der Waals surface area contributed by atoms with Crippen molar-refractivity contribution >= 4 is 23.6 Å². The number of nitrogens with zero attached hydrogens (tertiary/aromatic N) is 2. The van der Waals surface area contributed by atoms with Gasteiger partial charge in [-0.3, -0.25) is 19.2 Å².